The summed E-state index contributed by atoms with van der Waals surface area (Å²) in [4.78, 5) is 12.3. The predicted octanol–water partition coefficient (Wildman–Crippen LogP) is 7.45. The van der Waals surface area contributed by atoms with Crippen LogP contribution >= 0.6 is 31.9 Å². The molecule has 1 N–H and O–H groups in total. The van der Waals surface area contributed by atoms with E-state index in [9.17, 15) is 4.79 Å². The van der Waals surface area contributed by atoms with Crippen molar-refractivity contribution in [2.75, 3.05) is 0 Å². The Balaban J connectivity index is 1.27. The highest BCUT2D eigenvalue weighted by Gasteiger charge is 2.12. The number of hydrazone groups is 1. The smallest absolute Gasteiger partial charge is 0.307 e. The highest BCUT2D eigenvalue weighted by Crippen LogP contribution is 2.35. The number of para-hydroxylation sites is 1. The summed E-state index contributed by atoms with van der Waals surface area (Å²) in [7, 11) is 0. The van der Waals surface area contributed by atoms with Gasteiger partial charge in [-0.15, -0.1) is 0 Å². The number of amides is 1. The van der Waals surface area contributed by atoms with Crippen LogP contribution in [0.5, 0.6) is 5.75 Å². The summed E-state index contributed by atoms with van der Waals surface area (Å²) < 4.78 is 13.2. The molecule has 34 heavy (non-hydrogen) atoms. The summed E-state index contributed by atoms with van der Waals surface area (Å²) in [5.41, 5.74) is 5.04. The van der Waals surface area contributed by atoms with Crippen molar-refractivity contribution in [2.45, 2.75) is 6.61 Å². The molecule has 0 atom stereocenters. The number of carbonyl (C=O) groups is 1. The molecule has 0 spiro atoms. The van der Waals surface area contributed by atoms with Crippen LogP contribution in [0.15, 0.2) is 103 Å². The molecule has 0 aliphatic carbocycles. The third kappa shape index (κ3) is 4.76. The van der Waals surface area contributed by atoms with E-state index >= 15 is 0 Å². The molecule has 5 rings (SSSR count). The van der Waals surface area contributed by atoms with Crippen LogP contribution < -0.4 is 10.2 Å². The number of hydrogen-bond acceptors (Lipinski definition) is 4. The van der Waals surface area contributed by atoms with E-state index in [1.54, 1.807) is 12.3 Å². The van der Waals surface area contributed by atoms with E-state index in [1.165, 1.54) is 10.8 Å². The monoisotopic (exact) mass is 576 g/mol. The molecule has 0 saturated carbocycles. The molecule has 5 nitrogen and oxygen atoms in total. The Morgan fingerprint density at radius 3 is 2.41 bits per heavy atom. The number of rotatable bonds is 6. The number of nitrogens with zero attached hydrogens (tertiary/aromatic N) is 1. The Hall–Kier alpha value is -3.42. The third-order valence-electron chi connectivity index (χ3n) is 5.30. The molecule has 1 heterocycles. The van der Waals surface area contributed by atoms with Crippen LogP contribution in [-0.4, -0.2) is 12.1 Å². The predicted molar refractivity (Wildman–Crippen MR) is 141 cm³/mol. The Bertz CT molecular complexity index is 1480. The van der Waals surface area contributed by atoms with Crippen LogP contribution in [-0.2, 0) is 6.61 Å². The second kappa shape index (κ2) is 9.83. The summed E-state index contributed by atoms with van der Waals surface area (Å²) in [5, 5.41) is 7.27. The molecule has 0 aliphatic heterocycles. The molecule has 0 saturated heterocycles. The molecule has 0 fully saturated rings. The van der Waals surface area contributed by atoms with E-state index < -0.39 is 5.91 Å². The molecule has 0 unspecified atom stereocenters. The molecular weight excluding hydrogens is 560 g/mol. The Kier molecular flexibility index (Phi) is 6.47. The lowest BCUT2D eigenvalue weighted by Gasteiger charge is -2.13. The zero-order chi connectivity index (χ0) is 23.5. The molecule has 1 aromatic heterocycles. The molecule has 1 amide bonds. The van der Waals surface area contributed by atoms with Gasteiger partial charge in [0, 0.05) is 5.39 Å². The van der Waals surface area contributed by atoms with Gasteiger partial charge in [0.25, 0.3) is 0 Å². The van der Waals surface area contributed by atoms with Gasteiger partial charge >= 0.3 is 5.91 Å². The number of ether oxygens (including phenoxy) is 1. The zero-order valence-electron chi connectivity index (χ0n) is 17.8. The number of fused-ring (bicyclic) bond motifs is 2. The van der Waals surface area contributed by atoms with Crippen molar-refractivity contribution in [3.8, 4) is 5.75 Å². The summed E-state index contributed by atoms with van der Waals surface area (Å²) in [6.45, 7) is 0.430. The fraction of sp³-hybridized carbons (Fsp3) is 0.0370. The maximum atomic E-state index is 12.3. The van der Waals surface area contributed by atoms with Gasteiger partial charge in [0.05, 0.1) is 15.2 Å². The van der Waals surface area contributed by atoms with Gasteiger partial charge in [-0.2, -0.15) is 5.10 Å². The lowest BCUT2D eigenvalue weighted by Crippen LogP contribution is -2.16. The second-order valence-electron chi connectivity index (χ2n) is 7.59. The third-order valence-corrected chi connectivity index (χ3v) is 6.48. The lowest BCUT2D eigenvalue weighted by molar-refractivity contribution is 0.0929. The van der Waals surface area contributed by atoms with E-state index in [2.05, 4.69) is 66.7 Å². The summed E-state index contributed by atoms with van der Waals surface area (Å²) >= 11 is 7.16. The molecule has 5 aromatic rings. The normalized spacial score (nSPS) is 11.4. The van der Waals surface area contributed by atoms with Gasteiger partial charge in [0.1, 0.15) is 17.9 Å². The highest BCUT2D eigenvalue weighted by molar-refractivity contribution is 9.11. The first kappa shape index (κ1) is 22.4. The largest absolute Gasteiger partial charge is 0.487 e. The van der Waals surface area contributed by atoms with Crippen molar-refractivity contribution in [2.24, 2.45) is 5.10 Å². The summed E-state index contributed by atoms with van der Waals surface area (Å²) in [6.07, 6.45) is 1.56. The van der Waals surface area contributed by atoms with E-state index in [1.807, 2.05) is 54.6 Å². The van der Waals surface area contributed by atoms with Crippen molar-refractivity contribution in [3.05, 3.63) is 111 Å². The molecule has 7 heteroatoms. The lowest BCUT2D eigenvalue weighted by atomic mass is 10.1. The topological polar surface area (TPSA) is 63.8 Å². The van der Waals surface area contributed by atoms with E-state index in [4.69, 9.17) is 9.15 Å². The van der Waals surface area contributed by atoms with Gasteiger partial charge in [0.15, 0.2) is 5.76 Å². The average Bonchev–Trinajstić information content (AvgIpc) is 3.28. The van der Waals surface area contributed by atoms with E-state index in [0.717, 1.165) is 25.5 Å². The summed E-state index contributed by atoms with van der Waals surface area (Å²) in [5.74, 6) is 0.481. The number of hydrogen-bond donors (Lipinski definition) is 1. The van der Waals surface area contributed by atoms with Crippen LogP contribution in [0.1, 0.15) is 21.7 Å². The maximum absolute atomic E-state index is 12.3. The van der Waals surface area contributed by atoms with Gasteiger partial charge in [0.2, 0.25) is 0 Å². The van der Waals surface area contributed by atoms with E-state index in [-0.39, 0.29) is 5.76 Å². The molecule has 0 radical (unpaired) electrons. The maximum Gasteiger partial charge on any atom is 0.307 e. The molecular formula is C27H18Br2N2O3. The Labute approximate surface area is 212 Å². The minimum Gasteiger partial charge on any atom is -0.487 e. The van der Waals surface area contributed by atoms with Crippen LogP contribution in [0.4, 0.5) is 0 Å². The first-order valence-electron chi connectivity index (χ1n) is 10.5. The van der Waals surface area contributed by atoms with E-state index in [0.29, 0.717) is 17.9 Å². The van der Waals surface area contributed by atoms with Crippen molar-refractivity contribution < 1.29 is 13.9 Å². The van der Waals surface area contributed by atoms with Crippen molar-refractivity contribution >= 4 is 65.7 Å². The highest BCUT2D eigenvalue weighted by atomic mass is 79.9. The first-order chi connectivity index (χ1) is 16.6. The van der Waals surface area contributed by atoms with Crippen LogP contribution in [0.25, 0.3) is 21.7 Å². The minimum absolute atomic E-state index is 0.206. The molecule has 4 aromatic carbocycles. The average molecular weight is 578 g/mol. The second-order valence-corrected chi connectivity index (χ2v) is 9.30. The molecule has 0 aliphatic rings. The SMILES string of the molecule is O=C(N/N=C/c1cc(Br)c(OCc2cccc3ccccc23)c(Br)c1)c1cc2ccccc2o1. The number of nitrogens with one attached hydrogen (secondary N) is 1. The van der Waals surface area contributed by atoms with Gasteiger partial charge in [-0.05, 0) is 78.0 Å². The number of benzene rings is 4. The quantitative estimate of drug-likeness (QED) is 0.168. The number of carbonyl (C=O) groups excluding carboxylic acids is 1. The van der Waals surface area contributed by atoms with Crippen LogP contribution in [0, 0.1) is 0 Å². The van der Waals surface area contributed by atoms with Gasteiger partial charge < -0.3 is 9.15 Å². The van der Waals surface area contributed by atoms with Crippen molar-refractivity contribution in [1.82, 2.24) is 5.43 Å². The standard InChI is InChI=1S/C27H18Br2N2O3/c28-22-12-17(15-30-31-27(32)25-14-19-7-2-4-11-24(19)34-25)13-23(29)26(22)33-16-20-9-5-8-18-6-1-3-10-21(18)20/h1-15H,16H2,(H,31,32)/b30-15+. The summed E-state index contributed by atoms with van der Waals surface area (Å²) in [6, 6.07) is 27.3. The Morgan fingerprint density at radius 2 is 1.62 bits per heavy atom. The molecule has 0 bridgehead atoms. The van der Waals surface area contributed by atoms with Gasteiger partial charge in [-0.3, -0.25) is 4.79 Å². The van der Waals surface area contributed by atoms with Crippen LogP contribution in [0.3, 0.4) is 0 Å². The zero-order valence-corrected chi connectivity index (χ0v) is 21.0. The number of furan rings is 1. The fourth-order valence-electron chi connectivity index (χ4n) is 3.67. The van der Waals surface area contributed by atoms with Crippen molar-refractivity contribution in [3.63, 3.8) is 0 Å². The van der Waals surface area contributed by atoms with Crippen LogP contribution in [0.2, 0.25) is 0 Å². The van der Waals surface area contributed by atoms with Crippen molar-refractivity contribution in [1.29, 1.82) is 0 Å². The first-order valence-corrected chi connectivity index (χ1v) is 12.1. The number of halogens is 2. The molecule has 168 valence electrons. The Morgan fingerprint density at radius 1 is 0.912 bits per heavy atom. The van der Waals surface area contributed by atoms with Gasteiger partial charge in [-0.25, -0.2) is 5.43 Å². The minimum atomic E-state index is -0.416. The fourth-order valence-corrected chi connectivity index (χ4v) is 5.13. The van der Waals surface area contributed by atoms with Gasteiger partial charge in [-0.1, -0.05) is 60.7 Å².